The van der Waals surface area contributed by atoms with Crippen molar-refractivity contribution >= 4 is 70.8 Å². The molecule has 0 N–H and O–H groups in total. The third-order valence-corrected chi connectivity index (χ3v) is 7.80. The fraction of sp³-hybridized carbons (Fsp3) is 0.0952. The molecule has 0 unspecified atom stereocenters. The van der Waals surface area contributed by atoms with Gasteiger partial charge in [0.15, 0.2) is 11.6 Å². The molecule has 0 fully saturated rings. The number of allylic oxidation sites excluding steroid dienone is 4. The van der Waals surface area contributed by atoms with E-state index in [0.29, 0.717) is 36.4 Å². The van der Waals surface area contributed by atoms with Crippen LogP contribution in [0.2, 0.25) is 5.02 Å². The van der Waals surface area contributed by atoms with E-state index in [0.717, 1.165) is 0 Å². The number of hydrogen-bond acceptors (Lipinski definition) is 3. The van der Waals surface area contributed by atoms with Crippen LogP contribution in [0.4, 0.5) is 0 Å². The molecule has 0 saturated heterocycles. The normalized spacial score (nSPS) is 15.7. The molecule has 30 heavy (non-hydrogen) atoms. The molecule has 1 aliphatic rings. The molecule has 9 heteroatoms. The highest BCUT2D eigenvalue weighted by Gasteiger charge is 2.27. The van der Waals surface area contributed by atoms with Gasteiger partial charge in [-0.25, -0.2) is 4.99 Å². The largest absolute Gasteiger partial charge is 0.289 e. The van der Waals surface area contributed by atoms with Crippen LogP contribution >= 0.6 is 43.5 Å². The zero-order chi connectivity index (χ0) is 22.1. The Bertz CT molecular complexity index is 1220. The second kappa shape index (κ2) is 9.09. The number of nitrogens with zero attached hydrogens (tertiary/aromatic N) is 2. The molecule has 2 aromatic rings. The Kier molecular flexibility index (Phi) is 6.91. The van der Waals surface area contributed by atoms with E-state index < -0.39 is 10.0 Å². The topological polar surface area (TPSA) is 75.9 Å². The van der Waals surface area contributed by atoms with Gasteiger partial charge in [0.2, 0.25) is 0 Å². The van der Waals surface area contributed by atoms with E-state index in [4.69, 9.17) is 11.6 Å². The summed E-state index contributed by atoms with van der Waals surface area (Å²) < 4.78 is 30.8. The molecule has 0 heterocycles. The zero-order valence-electron chi connectivity index (χ0n) is 15.9. The monoisotopic (exact) mass is 568 g/mol. The number of halogens is 3. The number of amidine groups is 1. The minimum absolute atomic E-state index is 0.00377. The second-order valence-electron chi connectivity index (χ2n) is 6.38. The highest BCUT2D eigenvalue weighted by molar-refractivity contribution is 9.13. The lowest BCUT2D eigenvalue weighted by Gasteiger charge is -2.17. The minimum atomic E-state index is -4.06. The minimum Gasteiger partial charge on any atom is -0.289 e. The van der Waals surface area contributed by atoms with Gasteiger partial charge in [0.25, 0.3) is 10.0 Å². The van der Waals surface area contributed by atoms with Crippen LogP contribution in [0.25, 0.3) is 0 Å². The maximum Gasteiger partial charge on any atom is 0.284 e. The number of carbonyl (C=O) groups is 1. The fourth-order valence-electron chi connectivity index (χ4n) is 2.63. The van der Waals surface area contributed by atoms with Gasteiger partial charge in [-0.3, -0.25) is 4.79 Å². The number of benzene rings is 2. The van der Waals surface area contributed by atoms with E-state index >= 15 is 0 Å². The van der Waals surface area contributed by atoms with Crippen LogP contribution in [-0.2, 0) is 14.8 Å². The summed E-state index contributed by atoms with van der Waals surface area (Å²) in [6, 6.07) is 14.5. The second-order valence-corrected chi connectivity index (χ2v) is 10.0. The summed E-state index contributed by atoms with van der Waals surface area (Å²) in [6.07, 6.45) is 0. The summed E-state index contributed by atoms with van der Waals surface area (Å²) in [5.41, 5.74) is 1.85. The van der Waals surface area contributed by atoms with E-state index in [1.54, 1.807) is 44.2 Å². The first-order valence-corrected chi connectivity index (χ1v) is 12.0. The van der Waals surface area contributed by atoms with Crippen LogP contribution in [-0.4, -0.2) is 25.7 Å². The molecule has 0 radical (unpaired) electrons. The van der Waals surface area contributed by atoms with E-state index in [-0.39, 0.29) is 16.5 Å². The number of hydrogen-bond donors (Lipinski definition) is 0. The number of aliphatic imine (C=N–C) groups is 1. The van der Waals surface area contributed by atoms with E-state index in [1.165, 1.54) is 24.3 Å². The summed E-state index contributed by atoms with van der Waals surface area (Å²) in [4.78, 5) is 16.8. The highest BCUT2D eigenvalue weighted by atomic mass is 79.9. The van der Waals surface area contributed by atoms with Gasteiger partial charge in [-0.1, -0.05) is 41.9 Å². The van der Waals surface area contributed by atoms with Gasteiger partial charge in [0.05, 0.1) is 19.6 Å². The number of carbonyl (C=O) groups excluding carboxylic acids is 1. The molecule has 0 bridgehead atoms. The molecule has 1 aliphatic carbocycles. The maximum absolute atomic E-state index is 12.9. The first-order valence-electron chi connectivity index (χ1n) is 8.64. The van der Waals surface area contributed by atoms with Gasteiger partial charge in [-0.2, -0.15) is 8.42 Å². The maximum atomic E-state index is 12.9. The molecule has 0 aliphatic heterocycles. The summed E-state index contributed by atoms with van der Waals surface area (Å²) in [7, 11) is -4.06. The van der Waals surface area contributed by atoms with E-state index in [2.05, 4.69) is 41.3 Å². The predicted octanol–water partition coefficient (Wildman–Crippen LogP) is 5.84. The lowest BCUT2D eigenvalue weighted by Crippen LogP contribution is -2.19. The Morgan fingerprint density at radius 3 is 1.97 bits per heavy atom. The highest BCUT2D eigenvalue weighted by Crippen LogP contribution is 2.32. The molecule has 0 amide bonds. The Hall–Kier alpha value is -1.87. The van der Waals surface area contributed by atoms with E-state index in [9.17, 15) is 13.2 Å². The Morgan fingerprint density at radius 2 is 1.43 bits per heavy atom. The molecular weight excluding hydrogens is 556 g/mol. The van der Waals surface area contributed by atoms with E-state index in [1.807, 2.05) is 0 Å². The lowest BCUT2D eigenvalue weighted by molar-refractivity contribution is -0.112. The molecule has 154 valence electrons. The quantitative estimate of drug-likeness (QED) is 0.265. The fourth-order valence-corrected chi connectivity index (χ4v) is 4.92. The molecular formula is C21H15Br2ClN2O3S. The van der Waals surface area contributed by atoms with Crippen LogP contribution in [0.1, 0.15) is 19.4 Å². The van der Waals surface area contributed by atoms with Crippen molar-refractivity contribution in [2.24, 2.45) is 9.39 Å². The van der Waals surface area contributed by atoms with Crippen molar-refractivity contribution in [2.45, 2.75) is 18.7 Å². The number of Topliss-reactive ketones (excluding diaryl/α,β-unsaturated/α-hetero) is 1. The number of rotatable bonds is 3. The first-order chi connectivity index (χ1) is 14.1. The van der Waals surface area contributed by atoms with Crippen molar-refractivity contribution in [3.8, 4) is 0 Å². The molecule has 0 saturated carbocycles. The third kappa shape index (κ3) is 4.72. The van der Waals surface area contributed by atoms with Gasteiger partial charge < -0.3 is 0 Å². The first kappa shape index (κ1) is 22.8. The number of ketones is 1. The van der Waals surface area contributed by atoms with Crippen molar-refractivity contribution in [1.82, 2.24) is 0 Å². The molecule has 0 aromatic heterocycles. The summed E-state index contributed by atoms with van der Waals surface area (Å²) in [5.74, 6) is -0.135. The average molecular weight is 571 g/mol. The van der Waals surface area contributed by atoms with Gasteiger partial charge >= 0.3 is 0 Å². The Morgan fingerprint density at radius 1 is 0.900 bits per heavy atom. The summed E-state index contributed by atoms with van der Waals surface area (Å²) in [5, 5.41) is 0.419. The van der Waals surface area contributed by atoms with Crippen LogP contribution in [0.5, 0.6) is 0 Å². The zero-order valence-corrected chi connectivity index (χ0v) is 20.6. The SMILES string of the molecule is CC1=C(Br)C(=NC(=NS(=O)(=O)c2ccc(Cl)cc2)c2ccccc2)C(Br)=C(C)C1=O. The van der Waals surface area contributed by atoms with Crippen LogP contribution in [0.3, 0.4) is 0 Å². The van der Waals surface area contributed by atoms with Gasteiger partial charge in [-0.05, 0) is 70.0 Å². The van der Waals surface area contributed by atoms with Crippen molar-refractivity contribution in [3.63, 3.8) is 0 Å². The summed E-state index contributed by atoms with van der Waals surface area (Å²) >= 11 is 12.7. The van der Waals surface area contributed by atoms with Gasteiger partial charge in [0, 0.05) is 21.7 Å². The van der Waals surface area contributed by atoms with Crippen molar-refractivity contribution in [3.05, 3.63) is 85.3 Å². The lowest BCUT2D eigenvalue weighted by atomic mass is 9.98. The van der Waals surface area contributed by atoms with Gasteiger partial charge in [-0.15, -0.1) is 4.40 Å². The Balaban J connectivity index is 2.23. The van der Waals surface area contributed by atoms with Crippen LogP contribution in [0.15, 0.2) is 89.0 Å². The smallest absolute Gasteiger partial charge is 0.284 e. The van der Waals surface area contributed by atoms with Crippen molar-refractivity contribution in [1.29, 1.82) is 0 Å². The van der Waals surface area contributed by atoms with Crippen LogP contribution < -0.4 is 0 Å². The average Bonchev–Trinajstić information content (AvgIpc) is 2.74. The molecule has 0 spiro atoms. The third-order valence-electron chi connectivity index (χ3n) is 4.32. The standard InChI is InChI=1S/C21H15Br2ClN2O3S/c1-12-17(22)19(18(23)13(2)20(12)27)25-21(14-6-4-3-5-7-14)26-30(28,29)16-10-8-15(24)9-11-16/h3-11H,1-2H3. The summed E-state index contributed by atoms with van der Waals surface area (Å²) in [6.45, 7) is 3.35. The Labute approximate surface area is 196 Å². The molecule has 3 rings (SSSR count). The van der Waals surface area contributed by atoms with Crippen molar-refractivity contribution < 1.29 is 13.2 Å². The number of sulfonamides is 1. The molecule has 2 aromatic carbocycles. The molecule has 0 atom stereocenters. The van der Waals surface area contributed by atoms with Gasteiger partial charge in [0.1, 0.15) is 0 Å². The van der Waals surface area contributed by atoms with Crippen molar-refractivity contribution in [2.75, 3.05) is 0 Å². The predicted molar refractivity (Wildman–Crippen MR) is 127 cm³/mol. The van der Waals surface area contributed by atoms with Crippen LogP contribution in [0, 0.1) is 0 Å². The molecule has 5 nitrogen and oxygen atoms in total.